The average molecular weight is 343 g/mol. The summed E-state index contributed by atoms with van der Waals surface area (Å²) >= 11 is 0. The van der Waals surface area contributed by atoms with Crippen LogP contribution in [0.15, 0.2) is 47.3 Å². The second-order valence-corrected chi connectivity index (χ2v) is 5.68. The third-order valence-electron chi connectivity index (χ3n) is 3.91. The molecule has 1 atom stereocenters. The molecule has 7 heteroatoms. The Kier molecular flexibility index (Phi) is 4.56. The van der Waals surface area contributed by atoms with Gasteiger partial charge < -0.3 is 5.32 Å². The number of rotatable bonds is 4. The van der Waals surface area contributed by atoms with Crippen LogP contribution in [0.2, 0.25) is 0 Å². The minimum absolute atomic E-state index is 0.0789. The van der Waals surface area contributed by atoms with Crippen molar-refractivity contribution in [2.45, 2.75) is 19.4 Å². The van der Waals surface area contributed by atoms with Crippen LogP contribution in [0.3, 0.4) is 0 Å². The molecule has 0 bridgehead atoms. The molecule has 0 aliphatic rings. The van der Waals surface area contributed by atoms with Gasteiger partial charge in [-0.2, -0.15) is 5.10 Å². The maximum Gasteiger partial charge on any atom is 0.272 e. The number of carbonyl (C=O) groups is 1. The minimum Gasteiger partial charge on any atom is -0.349 e. The number of H-pyrrole nitrogens is 1. The molecular formula is C18H15F2N3O2. The molecule has 0 aliphatic carbocycles. The van der Waals surface area contributed by atoms with Crippen molar-refractivity contribution in [1.29, 1.82) is 0 Å². The average Bonchev–Trinajstić information content (AvgIpc) is 2.57. The maximum absolute atomic E-state index is 13.8. The number of fused-ring (bicyclic) bond motifs is 1. The molecule has 0 fully saturated rings. The van der Waals surface area contributed by atoms with E-state index in [0.29, 0.717) is 16.5 Å². The fourth-order valence-electron chi connectivity index (χ4n) is 2.68. The summed E-state index contributed by atoms with van der Waals surface area (Å²) in [4.78, 5) is 24.0. The van der Waals surface area contributed by atoms with Gasteiger partial charge in [-0.25, -0.2) is 13.9 Å². The molecule has 5 nitrogen and oxygen atoms in total. The van der Waals surface area contributed by atoms with Gasteiger partial charge in [0.25, 0.3) is 5.56 Å². The van der Waals surface area contributed by atoms with E-state index in [-0.39, 0.29) is 23.5 Å². The van der Waals surface area contributed by atoms with Crippen LogP contribution in [0.1, 0.15) is 24.2 Å². The Morgan fingerprint density at radius 1 is 1.20 bits per heavy atom. The highest BCUT2D eigenvalue weighted by Crippen LogP contribution is 2.18. The standard InChI is InChI=1S/C18H15F2N3O2/c1-10(12-7-6-11(19)8-15(12)20)21-17(24)9-16-13-4-2-3-5-14(13)18(25)23-22-16/h2-8,10H,9H2,1H3,(H,21,24)(H,23,25). The molecule has 1 heterocycles. The molecule has 3 aromatic rings. The largest absolute Gasteiger partial charge is 0.349 e. The van der Waals surface area contributed by atoms with E-state index in [1.807, 2.05) is 0 Å². The van der Waals surface area contributed by atoms with Crippen LogP contribution in [-0.2, 0) is 11.2 Å². The van der Waals surface area contributed by atoms with E-state index in [1.165, 1.54) is 6.07 Å². The Hall–Kier alpha value is -3.09. The smallest absolute Gasteiger partial charge is 0.272 e. The molecule has 0 radical (unpaired) electrons. The van der Waals surface area contributed by atoms with Crippen molar-refractivity contribution in [3.8, 4) is 0 Å². The van der Waals surface area contributed by atoms with E-state index >= 15 is 0 Å². The summed E-state index contributed by atoms with van der Waals surface area (Å²) in [5.74, 6) is -1.79. The topological polar surface area (TPSA) is 74.8 Å². The number of nitrogens with zero attached hydrogens (tertiary/aromatic N) is 1. The summed E-state index contributed by atoms with van der Waals surface area (Å²) in [6.07, 6.45) is -0.0789. The number of hydrogen-bond donors (Lipinski definition) is 2. The zero-order valence-electron chi connectivity index (χ0n) is 13.3. The van der Waals surface area contributed by atoms with Gasteiger partial charge in [0.1, 0.15) is 11.6 Å². The lowest BCUT2D eigenvalue weighted by Gasteiger charge is -2.15. The molecular weight excluding hydrogens is 328 g/mol. The second kappa shape index (κ2) is 6.80. The molecule has 0 aliphatic heterocycles. The van der Waals surface area contributed by atoms with Gasteiger partial charge in [0.2, 0.25) is 5.91 Å². The number of amides is 1. The predicted molar refractivity (Wildman–Crippen MR) is 89.0 cm³/mol. The summed E-state index contributed by atoms with van der Waals surface area (Å²) in [5.41, 5.74) is 0.273. The lowest BCUT2D eigenvalue weighted by molar-refractivity contribution is -0.121. The van der Waals surface area contributed by atoms with Crippen LogP contribution in [-0.4, -0.2) is 16.1 Å². The SMILES string of the molecule is CC(NC(=O)Cc1n[nH]c(=O)c2ccccc12)c1ccc(F)cc1F. The van der Waals surface area contributed by atoms with Crippen LogP contribution in [0, 0.1) is 11.6 Å². The number of hydrogen-bond acceptors (Lipinski definition) is 3. The van der Waals surface area contributed by atoms with Crippen molar-refractivity contribution in [3.05, 3.63) is 75.7 Å². The van der Waals surface area contributed by atoms with E-state index in [2.05, 4.69) is 15.5 Å². The first-order valence-corrected chi connectivity index (χ1v) is 7.66. The minimum atomic E-state index is -0.722. The summed E-state index contributed by atoms with van der Waals surface area (Å²) < 4.78 is 26.8. The fraction of sp³-hybridized carbons (Fsp3) is 0.167. The Morgan fingerprint density at radius 2 is 1.92 bits per heavy atom. The molecule has 2 N–H and O–H groups in total. The molecule has 1 amide bonds. The maximum atomic E-state index is 13.8. The first kappa shape index (κ1) is 16.8. The lowest BCUT2D eigenvalue weighted by Crippen LogP contribution is -2.29. The number of halogens is 2. The number of nitrogens with one attached hydrogen (secondary N) is 2. The first-order valence-electron chi connectivity index (χ1n) is 7.66. The van der Waals surface area contributed by atoms with E-state index in [1.54, 1.807) is 31.2 Å². The van der Waals surface area contributed by atoms with Crippen LogP contribution in [0.25, 0.3) is 10.8 Å². The quantitative estimate of drug-likeness (QED) is 0.765. The highest BCUT2D eigenvalue weighted by atomic mass is 19.1. The molecule has 1 aromatic heterocycles. The van der Waals surface area contributed by atoms with E-state index in [4.69, 9.17) is 0 Å². The monoisotopic (exact) mass is 343 g/mol. The van der Waals surface area contributed by atoms with Gasteiger partial charge >= 0.3 is 0 Å². The van der Waals surface area contributed by atoms with Gasteiger partial charge in [0.15, 0.2) is 0 Å². The molecule has 0 saturated heterocycles. The van der Waals surface area contributed by atoms with Crippen molar-refractivity contribution in [2.75, 3.05) is 0 Å². The second-order valence-electron chi connectivity index (χ2n) is 5.68. The number of aromatic nitrogens is 2. The number of carbonyl (C=O) groups excluding carboxylic acids is 1. The van der Waals surface area contributed by atoms with Crippen LogP contribution >= 0.6 is 0 Å². The van der Waals surface area contributed by atoms with E-state index in [0.717, 1.165) is 12.1 Å². The highest BCUT2D eigenvalue weighted by Gasteiger charge is 2.16. The number of aromatic amines is 1. The molecule has 3 rings (SSSR count). The van der Waals surface area contributed by atoms with E-state index < -0.39 is 17.7 Å². The third-order valence-corrected chi connectivity index (χ3v) is 3.91. The van der Waals surface area contributed by atoms with Crippen molar-refractivity contribution >= 4 is 16.7 Å². The Morgan fingerprint density at radius 3 is 2.64 bits per heavy atom. The zero-order chi connectivity index (χ0) is 18.0. The molecule has 25 heavy (non-hydrogen) atoms. The first-order chi connectivity index (χ1) is 12.0. The van der Waals surface area contributed by atoms with Gasteiger partial charge in [-0.05, 0) is 19.1 Å². The Bertz CT molecular complexity index is 1000. The molecule has 1 unspecified atom stereocenters. The van der Waals surface area contributed by atoms with Gasteiger partial charge in [-0.1, -0.05) is 24.3 Å². The predicted octanol–water partition coefficient (Wildman–Crippen LogP) is 2.62. The normalized spacial score (nSPS) is 12.1. The van der Waals surface area contributed by atoms with Crippen molar-refractivity contribution < 1.29 is 13.6 Å². The Balaban J connectivity index is 1.79. The summed E-state index contributed by atoms with van der Waals surface area (Å²) in [7, 11) is 0. The summed E-state index contributed by atoms with van der Waals surface area (Å²) in [6, 6.07) is 9.40. The van der Waals surface area contributed by atoms with Gasteiger partial charge in [-0.3, -0.25) is 9.59 Å². The summed E-state index contributed by atoms with van der Waals surface area (Å²) in [5, 5.41) is 9.97. The van der Waals surface area contributed by atoms with Gasteiger partial charge in [0, 0.05) is 17.0 Å². The highest BCUT2D eigenvalue weighted by molar-refractivity contribution is 5.88. The zero-order valence-corrected chi connectivity index (χ0v) is 13.3. The third kappa shape index (κ3) is 3.55. The molecule has 128 valence electrons. The van der Waals surface area contributed by atoms with Crippen LogP contribution in [0.4, 0.5) is 8.78 Å². The number of benzene rings is 2. The fourth-order valence-corrected chi connectivity index (χ4v) is 2.68. The van der Waals surface area contributed by atoms with Gasteiger partial charge in [0.05, 0.1) is 23.5 Å². The van der Waals surface area contributed by atoms with E-state index in [9.17, 15) is 18.4 Å². The summed E-state index contributed by atoms with van der Waals surface area (Å²) in [6.45, 7) is 1.60. The molecule has 0 saturated carbocycles. The molecule has 2 aromatic carbocycles. The van der Waals surface area contributed by atoms with Crippen molar-refractivity contribution in [2.24, 2.45) is 0 Å². The van der Waals surface area contributed by atoms with Crippen LogP contribution < -0.4 is 10.9 Å². The van der Waals surface area contributed by atoms with Crippen molar-refractivity contribution in [3.63, 3.8) is 0 Å². The Labute approximate surface area is 141 Å². The van der Waals surface area contributed by atoms with Crippen LogP contribution in [0.5, 0.6) is 0 Å². The van der Waals surface area contributed by atoms with Gasteiger partial charge in [-0.15, -0.1) is 0 Å². The lowest BCUT2D eigenvalue weighted by atomic mass is 10.1. The molecule has 0 spiro atoms. The van der Waals surface area contributed by atoms with Crippen molar-refractivity contribution in [1.82, 2.24) is 15.5 Å².